The molecule has 3 heterocycles. The van der Waals surface area contributed by atoms with Gasteiger partial charge in [-0.2, -0.15) is 16.9 Å². The highest BCUT2D eigenvalue weighted by Crippen LogP contribution is 2.21. The first-order chi connectivity index (χ1) is 12.6. The zero-order chi connectivity index (χ0) is 18.5. The standard InChI is InChI=1S/C19H28N6S.HI/c1-5-17-13-24(8-9-26-17)19(20-4)22-12-16-6-7-18(21-11-16)25-15(3)10-14(2)23-25;/h6-7,10-11,17H,5,8-9,12-13H2,1-4H3,(H,20,22);1H. The molecule has 148 valence electrons. The van der Waals surface area contributed by atoms with Crippen LogP contribution in [0.2, 0.25) is 0 Å². The summed E-state index contributed by atoms with van der Waals surface area (Å²) in [7, 11) is 1.86. The first kappa shape index (κ1) is 22.0. The van der Waals surface area contributed by atoms with Gasteiger partial charge in [0.15, 0.2) is 11.8 Å². The van der Waals surface area contributed by atoms with Crippen LogP contribution in [0.3, 0.4) is 0 Å². The highest BCUT2D eigenvalue weighted by atomic mass is 127. The summed E-state index contributed by atoms with van der Waals surface area (Å²) in [5, 5.41) is 8.66. The van der Waals surface area contributed by atoms with Gasteiger partial charge in [-0.05, 0) is 38.0 Å². The van der Waals surface area contributed by atoms with E-state index < -0.39 is 0 Å². The van der Waals surface area contributed by atoms with Gasteiger partial charge in [-0.15, -0.1) is 24.0 Å². The molecule has 0 saturated carbocycles. The first-order valence-electron chi connectivity index (χ1n) is 9.16. The maximum absolute atomic E-state index is 4.57. The molecular formula is C19H29IN6S. The van der Waals surface area contributed by atoms with Gasteiger partial charge in [0.25, 0.3) is 0 Å². The molecule has 1 atom stereocenters. The summed E-state index contributed by atoms with van der Waals surface area (Å²) in [6, 6.07) is 6.17. The molecule has 0 aliphatic carbocycles. The van der Waals surface area contributed by atoms with Crippen LogP contribution in [-0.2, 0) is 6.54 Å². The van der Waals surface area contributed by atoms with Crippen molar-refractivity contribution >= 4 is 41.7 Å². The predicted molar refractivity (Wildman–Crippen MR) is 125 cm³/mol. The Kier molecular flexibility index (Phi) is 8.40. The molecule has 1 aliphatic heterocycles. The van der Waals surface area contributed by atoms with Crippen LogP contribution in [0.25, 0.3) is 5.82 Å². The molecule has 1 N–H and O–H groups in total. The number of aryl methyl sites for hydroxylation is 2. The minimum absolute atomic E-state index is 0. The van der Waals surface area contributed by atoms with Crippen molar-refractivity contribution in [2.45, 2.75) is 39.0 Å². The fraction of sp³-hybridized carbons (Fsp3) is 0.526. The summed E-state index contributed by atoms with van der Waals surface area (Å²) in [6.45, 7) is 9.13. The van der Waals surface area contributed by atoms with Crippen molar-refractivity contribution in [2.75, 3.05) is 25.9 Å². The highest BCUT2D eigenvalue weighted by molar-refractivity contribution is 14.0. The van der Waals surface area contributed by atoms with Crippen LogP contribution in [0.4, 0.5) is 0 Å². The quantitative estimate of drug-likeness (QED) is 0.396. The topological polar surface area (TPSA) is 58.3 Å². The molecular weight excluding hydrogens is 471 g/mol. The van der Waals surface area contributed by atoms with E-state index in [1.54, 1.807) is 0 Å². The van der Waals surface area contributed by atoms with Crippen molar-refractivity contribution in [3.8, 4) is 5.82 Å². The van der Waals surface area contributed by atoms with Crippen LogP contribution in [-0.4, -0.2) is 56.8 Å². The maximum atomic E-state index is 4.57. The Bertz CT molecular complexity index is 758. The van der Waals surface area contributed by atoms with Crippen molar-refractivity contribution in [1.82, 2.24) is 25.0 Å². The molecule has 0 radical (unpaired) electrons. The minimum atomic E-state index is 0. The number of hydrogen-bond donors (Lipinski definition) is 1. The minimum Gasteiger partial charge on any atom is -0.352 e. The molecule has 2 aromatic heterocycles. The molecule has 1 unspecified atom stereocenters. The van der Waals surface area contributed by atoms with E-state index in [4.69, 9.17) is 0 Å². The lowest BCUT2D eigenvalue weighted by molar-refractivity contribution is 0.408. The number of guanidine groups is 1. The second-order valence-electron chi connectivity index (χ2n) is 6.61. The molecule has 0 aromatic carbocycles. The fourth-order valence-corrected chi connectivity index (χ4v) is 4.36. The van der Waals surface area contributed by atoms with Crippen LogP contribution in [0.1, 0.15) is 30.3 Å². The smallest absolute Gasteiger partial charge is 0.193 e. The Morgan fingerprint density at radius 3 is 2.78 bits per heavy atom. The molecule has 27 heavy (non-hydrogen) atoms. The maximum Gasteiger partial charge on any atom is 0.193 e. The van der Waals surface area contributed by atoms with E-state index in [2.05, 4.69) is 56.1 Å². The van der Waals surface area contributed by atoms with Crippen molar-refractivity contribution in [3.63, 3.8) is 0 Å². The molecule has 8 heteroatoms. The van der Waals surface area contributed by atoms with Crippen LogP contribution < -0.4 is 5.32 Å². The van der Waals surface area contributed by atoms with Crippen LogP contribution in [0.5, 0.6) is 0 Å². The molecule has 1 saturated heterocycles. The number of rotatable bonds is 4. The van der Waals surface area contributed by atoms with Gasteiger partial charge >= 0.3 is 0 Å². The fourth-order valence-electron chi connectivity index (χ4n) is 3.18. The lowest BCUT2D eigenvalue weighted by Crippen LogP contribution is -2.47. The zero-order valence-electron chi connectivity index (χ0n) is 16.5. The third kappa shape index (κ3) is 5.60. The van der Waals surface area contributed by atoms with Crippen LogP contribution in [0, 0.1) is 13.8 Å². The van der Waals surface area contributed by atoms with E-state index in [-0.39, 0.29) is 24.0 Å². The molecule has 0 bridgehead atoms. The molecule has 2 aromatic rings. The summed E-state index contributed by atoms with van der Waals surface area (Å²) in [5.74, 6) is 2.99. The van der Waals surface area contributed by atoms with Gasteiger partial charge < -0.3 is 10.2 Å². The molecule has 0 amide bonds. The largest absolute Gasteiger partial charge is 0.352 e. The lowest BCUT2D eigenvalue weighted by atomic mass is 10.2. The number of pyridine rings is 1. The van der Waals surface area contributed by atoms with Crippen LogP contribution >= 0.6 is 35.7 Å². The Balaban J connectivity index is 0.00000261. The Labute approximate surface area is 183 Å². The van der Waals surface area contributed by atoms with E-state index in [0.717, 1.165) is 54.1 Å². The molecule has 3 rings (SSSR count). The van der Waals surface area contributed by atoms with E-state index in [1.807, 2.05) is 37.8 Å². The number of aliphatic imine (C=N–C) groups is 1. The number of nitrogens with zero attached hydrogens (tertiary/aromatic N) is 5. The van der Waals surface area contributed by atoms with E-state index >= 15 is 0 Å². The molecule has 0 spiro atoms. The monoisotopic (exact) mass is 500 g/mol. The van der Waals surface area contributed by atoms with Crippen molar-refractivity contribution in [1.29, 1.82) is 0 Å². The van der Waals surface area contributed by atoms with E-state index in [9.17, 15) is 0 Å². The third-order valence-electron chi connectivity index (χ3n) is 4.59. The average molecular weight is 500 g/mol. The first-order valence-corrected chi connectivity index (χ1v) is 10.2. The van der Waals surface area contributed by atoms with Crippen molar-refractivity contribution in [2.24, 2.45) is 4.99 Å². The summed E-state index contributed by atoms with van der Waals surface area (Å²) in [5.41, 5.74) is 3.23. The Morgan fingerprint density at radius 2 is 2.19 bits per heavy atom. The van der Waals surface area contributed by atoms with Gasteiger partial charge in [-0.25, -0.2) is 9.67 Å². The number of thioether (sulfide) groups is 1. The van der Waals surface area contributed by atoms with Crippen molar-refractivity contribution in [3.05, 3.63) is 41.3 Å². The Hall–Kier alpha value is -1.29. The van der Waals surface area contributed by atoms with Gasteiger partial charge in [0.2, 0.25) is 0 Å². The molecule has 1 aliphatic rings. The second kappa shape index (κ2) is 10.3. The van der Waals surface area contributed by atoms with Gasteiger partial charge in [-0.3, -0.25) is 4.99 Å². The number of hydrogen-bond acceptors (Lipinski definition) is 4. The average Bonchev–Trinajstić information content (AvgIpc) is 3.01. The number of nitrogens with one attached hydrogen (secondary N) is 1. The van der Waals surface area contributed by atoms with Gasteiger partial charge in [0.1, 0.15) is 0 Å². The summed E-state index contributed by atoms with van der Waals surface area (Å²) < 4.78 is 1.88. The zero-order valence-corrected chi connectivity index (χ0v) is 19.6. The predicted octanol–water partition coefficient (Wildman–Crippen LogP) is 3.40. The molecule has 6 nitrogen and oxygen atoms in total. The SMILES string of the molecule is CCC1CN(C(=NC)NCc2ccc(-n3nc(C)cc3C)nc2)CCS1.I. The van der Waals surface area contributed by atoms with Gasteiger partial charge in [-0.1, -0.05) is 13.0 Å². The summed E-state index contributed by atoms with van der Waals surface area (Å²) >= 11 is 2.07. The van der Waals surface area contributed by atoms with Gasteiger partial charge in [0.05, 0.1) is 5.69 Å². The van der Waals surface area contributed by atoms with E-state index in [0.29, 0.717) is 5.25 Å². The van der Waals surface area contributed by atoms with Crippen LogP contribution in [0.15, 0.2) is 29.4 Å². The van der Waals surface area contributed by atoms with E-state index in [1.165, 1.54) is 6.42 Å². The Morgan fingerprint density at radius 1 is 1.37 bits per heavy atom. The summed E-state index contributed by atoms with van der Waals surface area (Å²) in [4.78, 5) is 11.4. The number of aromatic nitrogens is 3. The van der Waals surface area contributed by atoms with Crippen molar-refractivity contribution < 1.29 is 0 Å². The summed E-state index contributed by atoms with van der Waals surface area (Å²) in [6.07, 6.45) is 3.11. The number of halogens is 1. The highest BCUT2D eigenvalue weighted by Gasteiger charge is 2.21. The van der Waals surface area contributed by atoms with Gasteiger partial charge in [0, 0.05) is 49.6 Å². The third-order valence-corrected chi connectivity index (χ3v) is 5.96. The second-order valence-corrected chi connectivity index (χ2v) is 8.02. The normalized spacial score (nSPS) is 17.6. The molecule has 1 fully saturated rings. The lowest BCUT2D eigenvalue weighted by Gasteiger charge is -2.34.